The van der Waals surface area contributed by atoms with Crippen molar-refractivity contribution in [3.8, 4) is 0 Å². The van der Waals surface area contributed by atoms with Gasteiger partial charge in [-0.25, -0.2) is 0 Å². The Hall–Kier alpha value is -0.340. The number of hydrogen-bond donors (Lipinski definition) is 2. The minimum Gasteiger partial charge on any atom is -0.390 e. The second-order valence-electron chi connectivity index (χ2n) is 5.03. The van der Waals surface area contributed by atoms with Gasteiger partial charge in [-0.1, -0.05) is 31.3 Å². The number of rotatable bonds is 4. The molecule has 0 aliphatic heterocycles. The Morgan fingerprint density at radius 1 is 1.27 bits per heavy atom. The van der Waals surface area contributed by atoms with Crippen LogP contribution < -0.4 is 0 Å². The Balaban J connectivity index is 2.46. The predicted octanol–water partition coefficient (Wildman–Crippen LogP) is 2.79. The molecule has 0 aromatic rings. The highest BCUT2D eigenvalue weighted by Gasteiger charge is 2.35. The van der Waals surface area contributed by atoms with E-state index in [4.69, 9.17) is 0 Å². The molecule has 88 valence electrons. The van der Waals surface area contributed by atoms with E-state index in [1.54, 1.807) is 0 Å². The summed E-state index contributed by atoms with van der Waals surface area (Å²) in [6, 6.07) is 0. The normalized spacial score (nSPS) is 23.1. The van der Waals surface area contributed by atoms with E-state index in [0.29, 0.717) is 6.42 Å². The lowest BCUT2D eigenvalue weighted by Crippen LogP contribution is -2.41. The monoisotopic (exact) mass is 212 g/mol. The molecule has 1 saturated carbocycles. The lowest BCUT2D eigenvalue weighted by molar-refractivity contribution is -0.0870. The van der Waals surface area contributed by atoms with Crippen LogP contribution in [0.25, 0.3) is 0 Å². The highest BCUT2D eigenvalue weighted by atomic mass is 16.3. The minimum absolute atomic E-state index is 0.577. The first-order valence-corrected chi connectivity index (χ1v) is 6.09. The molecular weight excluding hydrogens is 188 g/mol. The zero-order valence-corrected chi connectivity index (χ0v) is 9.84. The first-order chi connectivity index (χ1) is 7.04. The summed E-state index contributed by atoms with van der Waals surface area (Å²) < 4.78 is 0. The molecular formula is C13H24O2. The van der Waals surface area contributed by atoms with Gasteiger partial charge in [-0.3, -0.25) is 0 Å². The van der Waals surface area contributed by atoms with E-state index in [2.05, 4.69) is 6.58 Å². The fraction of sp³-hybridized carbons (Fsp3) is 0.846. The zero-order chi connectivity index (χ0) is 11.3. The molecule has 0 aromatic carbocycles. The van der Waals surface area contributed by atoms with Crippen LogP contribution >= 0.6 is 0 Å². The zero-order valence-electron chi connectivity index (χ0n) is 9.84. The highest BCUT2D eigenvalue weighted by Crippen LogP contribution is 2.31. The average Bonchev–Trinajstić information content (AvgIpc) is 2.40. The Labute approximate surface area is 93.0 Å². The van der Waals surface area contributed by atoms with E-state index >= 15 is 0 Å². The molecule has 1 aliphatic carbocycles. The van der Waals surface area contributed by atoms with Crippen molar-refractivity contribution in [2.75, 3.05) is 0 Å². The maximum absolute atomic E-state index is 10.4. The third kappa shape index (κ3) is 3.96. The first kappa shape index (κ1) is 12.7. The van der Waals surface area contributed by atoms with Gasteiger partial charge in [0, 0.05) is 0 Å². The highest BCUT2D eigenvalue weighted by molar-refractivity contribution is 4.93. The van der Waals surface area contributed by atoms with Crippen molar-refractivity contribution < 1.29 is 10.2 Å². The fourth-order valence-corrected chi connectivity index (χ4v) is 2.33. The van der Waals surface area contributed by atoms with Gasteiger partial charge < -0.3 is 10.2 Å². The van der Waals surface area contributed by atoms with E-state index in [1.807, 2.05) is 6.92 Å². The van der Waals surface area contributed by atoms with Crippen molar-refractivity contribution in [2.45, 2.75) is 70.0 Å². The minimum atomic E-state index is -0.827. The van der Waals surface area contributed by atoms with Gasteiger partial charge >= 0.3 is 0 Å². The van der Waals surface area contributed by atoms with Crippen molar-refractivity contribution in [2.24, 2.45) is 0 Å². The summed E-state index contributed by atoms with van der Waals surface area (Å²) in [5, 5.41) is 20.4. The third-order valence-electron chi connectivity index (χ3n) is 3.43. The van der Waals surface area contributed by atoms with Gasteiger partial charge in [0.05, 0.1) is 11.7 Å². The Morgan fingerprint density at radius 3 is 2.27 bits per heavy atom. The quantitative estimate of drug-likeness (QED) is 0.555. The lowest BCUT2D eigenvalue weighted by atomic mass is 9.85. The van der Waals surface area contributed by atoms with Crippen molar-refractivity contribution in [1.29, 1.82) is 0 Å². The van der Waals surface area contributed by atoms with Gasteiger partial charge in [-0.15, -0.1) is 6.58 Å². The van der Waals surface area contributed by atoms with Crippen LogP contribution in [-0.4, -0.2) is 21.9 Å². The number of hydrogen-bond acceptors (Lipinski definition) is 2. The van der Waals surface area contributed by atoms with Gasteiger partial charge in [-0.05, 0) is 32.6 Å². The molecule has 0 radical (unpaired) electrons. The molecule has 0 aromatic heterocycles. The molecule has 1 fully saturated rings. The molecule has 1 atom stereocenters. The standard InChI is InChI=1S/C13H24O2/c1-11(2)7-8-12(14)13(15)9-5-3-4-6-10-13/h12,14-15H,1,3-10H2,2H3. The maximum atomic E-state index is 10.4. The molecule has 2 nitrogen and oxygen atoms in total. The van der Waals surface area contributed by atoms with Crippen molar-refractivity contribution in [3.05, 3.63) is 12.2 Å². The van der Waals surface area contributed by atoms with Crippen LogP contribution in [0.5, 0.6) is 0 Å². The van der Waals surface area contributed by atoms with Crippen LogP contribution in [0.4, 0.5) is 0 Å². The summed E-state index contributed by atoms with van der Waals surface area (Å²) in [5.74, 6) is 0. The molecule has 2 heteroatoms. The second kappa shape index (κ2) is 5.66. The maximum Gasteiger partial charge on any atom is 0.0905 e. The van der Waals surface area contributed by atoms with E-state index in [1.165, 1.54) is 12.8 Å². The molecule has 1 aliphatic rings. The van der Waals surface area contributed by atoms with Crippen molar-refractivity contribution >= 4 is 0 Å². The van der Waals surface area contributed by atoms with Crippen LogP contribution in [-0.2, 0) is 0 Å². The molecule has 0 bridgehead atoms. The van der Waals surface area contributed by atoms with Gasteiger partial charge in [-0.2, -0.15) is 0 Å². The molecule has 0 amide bonds. The van der Waals surface area contributed by atoms with E-state index in [0.717, 1.165) is 37.7 Å². The summed E-state index contributed by atoms with van der Waals surface area (Å²) in [6.45, 7) is 5.78. The summed E-state index contributed by atoms with van der Waals surface area (Å²) >= 11 is 0. The Morgan fingerprint density at radius 2 is 1.80 bits per heavy atom. The Bertz CT molecular complexity index is 203. The largest absolute Gasteiger partial charge is 0.390 e. The summed E-state index contributed by atoms with van der Waals surface area (Å²) in [5.41, 5.74) is 0.248. The van der Waals surface area contributed by atoms with E-state index < -0.39 is 11.7 Å². The first-order valence-electron chi connectivity index (χ1n) is 6.09. The average molecular weight is 212 g/mol. The van der Waals surface area contributed by atoms with Crippen molar-refractivity contribution in [3.63, 3.8) is 0 Å². The van der Waals surface area contributed by atoms with E-state index in [9.17, 15) is 10.2 Å². The number of aliphatic hydroxyl groups is 2. The fourth-order valence-electron chi connectivity index (χ4n) is 2.33. The summed E-state index contributed by atoms with van der Waals surface area (Å²) in [4.78, 5) is 0. The third-order valence-corrected chi connectivity index (χ3v) is 3.43. The smallest absolute Gasteiger partial charge is 0.0905 e. The number of allylic oxidation sites excluding steroid dienone is 1. The molecule has 1 unspecified atom stereocenters. The van der Waals surface area contributed by atoms with Gasteiger partial charge in [0.15, 0.2) is 0 Å². The molecule has 0 saturated heterocycles. The number of aliphatic hydroxyl groups excluding tert-OH is 1. The summed E-state index contributed by atoms with van der Waals surface area (Å²) in [6.07, 6.45) is 6.85. The van der Waals surface area contributed by atoms with Gasteiger partial charge in [0.2, 0.25) is 0 Å². The molecule has 0 heterocycles. The SMILES string of the molecule is C=C(C)CCC(O)C1(O)CCCCCC1. The van der Waals surface area contributed by atoms with Gasteiger partial charge in [0.1, 0.15) is 0 Å². The van der Waals surface area contributed by atoms with Crippen LogP contribution in [0.1, 0.15) is 58.3 Å². The van der Waals surface area contributed by atoms with Gasteiger partial charge in [0.25, 0.3) is 0 Å². The van der Waals surface area contributed by atoms with Crippen molar-refractivity contribution in [1.82, 2.24) is 0 Å². The topological polar surface area (TPSA) is 40.5 Å². The van der Waals surface area contributed by atoms with Crippen LogP contribution in [0.3, 0.4) is 0 Å². The predicted molar refractivity (Wildman–Crippen MR) is 62.7 cm³/mol. The molecule has 0 spiro atoms. The molecule has 2 N–H and O–H groups in total. The van der Waals surface area contributed by atoms with Crippen LogP contribution in [0.2, 0.25) is 0 Å². The van der Waals surface area contributed by atoms with Crippen LogP contribution in [0, 0.1) is 0 Å². The van der Waals surface area contributed by atoms with Crippen LogP contribution in [0.15, 0.2) is 12.2 Å². The summed E-state index contributed by atoms with van der Waals surface area (Å²) in [7, 11) is 0. The second-order valence-corrected chi connectivity index (χ2v) is 5.03. The Kier molecular flexibility index (Phi) is 4.81. The molecule has 1 rings (SSSR count). The molecule has 15 heavy (non-hydrogen) atoms. The van der Waals surface area contributed by atoms with E-state index in [-0.39, 0.29) is 0 Å². The lowest BCUT2D eigenvalue weighted by Gasteiger charge is -2.32.